The van der Waals surface area contributed by atoms with Crippen LogP contribution in [0.3, 0.4) is 0 Å². The predicted octanol–water partition coefficient (Wildman–Crippen LogP) is 3.66. The van der Waals surface area contributed by atoms with E-state index in [2.05, 4.69) is 35.2 Å². The highest BCUT2D eigenvalue weighted by molar-refractivity contribution is 5.68. The fraction of sp³-hybridized carbons (Fsp3) is 0.632. The van der Waals surface area contributed by atoms with Gasteiger partial charge in [0.2, 0.25) is 0 Å². The summed E-state index contributed by atoms with van der Waals surface area (Å²) in [5.74, 6) is 0. The Balaban J connectivity index is 1.65. The zero-order valence-electron chi connectivity index (χ0n) is 14.5. The fourth-order valence-electron chi connectivity index (χ4n) is 3.36. The molecule has 1 aromatic rings. The molecule has 0 unspecified atom stereocenters. The van der Waals surface area contributed by atoms with E-state index in [9.17, 15) is 4.79 Å². The summed E-state index contributed by atoms with van der Waals surface area (Å²) in [6, 6.07) is 10.6. The molecular formula is C19H28N2O2. The summed E-state index contributed by atoms with van der Waals surface area (Å²) >= 11 is 0. The molecule has 1 saturated heterocycles. The first-order chi connectivity index (χ1) is 10.9. The molecule has 1 spiro atoms. The van der Waals surface area contributed by atoms with Crippen molar-refractivity contribution >= 4 is 6.09 Å². The van der Waals surface area contributed by atoms with Crippen LogP contribution < -0.4 is 0 Å². The first-order valence-electron chi connectivity index (χ1n) is 8.65. The molecule has 3 rings (SSSR count). The van der Waals surface area contributed by atoms with Crippen molar-refractivity contribution in [1.82, 2.24) is 9.80 Å². The van der Waals surface area contributed by atoms with E-state index in [4.69, 9.17) is 4.74 Å². The van der Waals surface area contributed by atoms with Gasteiger partial charge in [0.25, 0.3) is 0 Å². The quantitative estimate of drug-likeness (QED) is 0.835. The second-order valence-corrected chi connectivity index (χ2v) is 7.85. The molecule has 1 amide bonds. The number of benzene rings is 1. The third-order valence-electron chi connectivity index (χ3n) is 4.85. The van der Waals surface area contributed by atoms with Gasteiger partial charge < -0.3 is 9.64 Å². The number of amides is 1. The van der Waals surface area contributed by atoms with Crippen molar-refractivity contribution in [2.24, 2.45) is 0 Å². The lowest BCUT2D eigenvalue weighted by molar-refractivity contribution is 0.0257. The standard InChI is InChI=1S/C19H28N2O2/c1-18(2,3)23-17(22)20-12-11-19(9-10-19)21(14-13-20)15-16-7-5-4-6-8-16/h4-8H,9-15H2,1-3H3. The second kappa shape index (κ2) is 6.16. The molecule has 2 fully saturated rings. The lowest BCUT2D eigenvalue weighted by atomic mass is 10.1. The molecule has 0 aromatic heterocycles. The molecule has 1 aromatic carbocycles. The number of nitrogens with zero attached hydrogens (tertiary/aromatic N) is 2. The summed E-state index contributed by atoms with van der Waals surface area (Å²) in [5.41, 5.74) is 1.24. The molecule has 0 radical (unpaired) electrons. The van der Waals surface area contributed by atoms with Crippen molar-refractivity contribution in [3.63, 3.8) is 0 Å². The van der Waals surface area contributed by atoms with Crippen LogP contribution in [0.1, 0.15) is 45.6 Å². The summed E-state index contributed by atoms with van der Waals surface area (Å²) in [6.45, 7) is 9.23. The number of ether oxygens (including phenoxy) is 1. The molecule has 4 heteroatoms. The Morgan fingerprint density at radius 1 is 1.09 bits per heavy atom. The second-order valence-electron chi connectivity index (χ2n) is 7.85. The monoisotopic (exact) mass is 316 g/mol. The number of hydrogen-bond acceptors (Lipinski definition) is 3. The van der Waals surface area contributed by atoms with Crippen LogP contribution in [-0.2, 0) is 11.3 Å². The fourth-order valence-corrected chi connectivity index (χ4v) is 3.36. The molecule has 1 heterocycles. The van der Waals surface area contributed by atoms with E-state index in [0.29, 0.717) is 5.54 Å². The smallest absolute Gasteiger partial charge is 0.410 e. The molecule has 126 valence electrons. The van der Waals surface area contributed by atoms with Gasteiger partial charge >= 0.3 is 6.09 Å². The highest BCUT2D eigenvalue weighted by Crippen LogP contribution is 2.46. The number of hydrogen-bond donors (Lipinski definition) is 0. The van der Waals surface area contributed by atoms with E-state index in [0.717, 1.165) is 32.6 Å². The molecule has 4 nitrogen and oxygen atoms in total. The highest BCUT2D eigenvalue weighted by atomic mass is 16.6. The number of carbonyl (C=O) groups excluding carboxylic acids is 1. The van der Waals surface area contributed by atoms with Gasteiger partial charge in [-0.3, -0.25) is 4.90 Å². The van der Waals surface area contributed by atoms with E-state index in [1.165, 1.54) is 18.4 Å². The van der Waals surface area contributed by atoms with Gasteiger partial charge in [0.05, 0.1) is 0 Å². The molecule has 1 aliphatic heterocycles. The van der Waals surface area contributed by atoms with Crippen molar-refractivity contribution in [2.45, 2.75) is 57.7 Å². The maximum absolute atomic E-state index is 12.3. The molecule has 23 heavy (non-hydrogen) atoms. The Labute approximate surface area is 139 Å². The normalized spacial score (nSPS) is 21.1. The SMILES string of the molecule is CC(C)(C)OC(=O)N1CCN(Cc2ccccc2)C2(CC1)CC2. The summed E-state index contributed by atoms with van der Waals surface area (Å²) in [6.07, 6.45) is 3.39. The van der Waals surface area contributed by atoms with E-state index in [1.54, 1.807) is 0 Å². The zero-order chi connectivity index (χ0) is 16.5. The molecule has 1 saturated carbocycles. The third-order valence-corrected chi connectivity index (χ3v) is 4.85. The van der Waals surface area contributed by atoms with Gasteiger partial charge in [-0.2, -0.15) is 0 Å². The highest BCUT2D eigenvalue weighted by Gasteiger charge is 2.49. The van der Waals surface area contributed by atoms with Crippen molar-refractivity contribution in [3.05, 3.63) is 35.9 Å². The van der Waals surface area contributed by atoms with Gasteiger partial charge in [-0.25, -0.2) is 4.79 Å². The van der Waals surface area contributed by atoms with Crippen LogP contribution >= 0.6 is 0 Å². The van der Waals surface area contributed by atoms with Crippen molar-refractivity contribution in [1.29, 1.82) is 0 Å². The summed E-state index contributed by atoms with van der Waals surface area (Å²) < 4.78 is 5.54. The van der Waals surface area contributed by atoms with Crippen LogP contribution in [0.2, 0.25) is 0 Å². The van der Waals surface area contributed by atoms with E-state index in [1.807, 2.05) is 25.7 Å². The minimum absolute atomic E-state index is 0.171. The van der Waals surface area contributed by atoms with Gasteiger partial charge in [-0.15, -0.1) is 0 Å². The van der Waals surface area contributed by atoms with E-state index >= 15 is 0 Å². The lowest BCUT2D eigenvalue weighted by Crippen LogP contribution is -2.39. The topological polar surface area (TPSA) is 32.8 Å². The van der Waals surface area contributed by atoms with Crippen molar-refractivity contribution in [3.8, 4) is 0 Å². The Morgan fingerprint density at radius 2 is 1.78 bits per heavy atom. The minimum Gasteiger partial charge on any atom is -0.444 e. The number of rotatable bonds is 2. The largest absolute Gasteiger partial charge is 0.444 e. The lowest BCUT2D eigenvalue weighted by Gasteiger charge is -2.29. The predicted molar refractivity (Wildman–Crippen MR) is 91.2 cm³/mol. The van der Waals surface area contributed by atoms with Crippen molar-refractivity contribution in [2.75, 3.05) is 19.6 Å². The van der Waals surface area contributed by atoms with Gasteiger partial charge in [0.15, 0.2) is 0 Å². The van der Waals surface area contributed by atoms with Gasteiger partial charge in [-0.05, 0) is 45.6 Å². The summed E-state index contributed by atoms with van der Waals surface area (Å²) in [4.78, 5) is 16.8. The molecule has 1 aliphatic carbocycles. The molecular weight excluding hydrogens is 288 g/mol. The molecule has 2 aliphatic rings. The summed E-state index contributed by atoms with van der Waals surface area (Å²) in [5, 5.41) is 0. The Bertz CT molecular complexity index is 546. The van der Waals surface area contributed by atoms with Crippen LogP contribution in [0.4, 0.5) is 4.79 Å². The van der Waals surface area contributed by atoms with Gasteiger partial charge in [0.1, 0.15) is 5.60 Å². The molecule has 0 atom stereocenters. The van der Waals surface area contributed by atoms with Crippen LogP contribution in [0.5, 0.6) is 0 Å². The third kappa shape index (κ3) is 4.05. The average Bonchev–Trinajstić information content (AvgIpc) is 3.28. The molecule has 0 bridgehead atoms. The van der Waals surface area contributed by atoms with Crippen LogP contribution in [0.15, 0.2) is 30.3 Å². The minimum atomic E-state index is -0.426. The maximum Gasteiger partial charge on any atom is 0.410 e. The van der Waals surface area contributed by atoms with Gasteiger partial charge in [-0.1, -0.05) is 30.3 Å². The Morgan fingerprint density at radius 3 is 2.39 bits per heavy atom. The average molecular weight is 316 g/mol. The Hall–Kier alpha value is -1.55. The molecule has 0 N–H and O–H groups in total. The summed E-state index contributed by atoms with van der Waals surface area (Å²) in [7, 11) is 0. The Kier molecular flexibility index (Phi) is 4.37. The first kappa shape index (κ1) is 16.3. The van der Waals surface area contributed by atoms with Crippen LogP contribution in [0.25, 0.3) is 0 Å². The van der Waals surface area contributed by atoms with Crippen molar-refractivity contribution < 1.29 is 9.53 Å². The number of carbonyl (C=O) groups is 1. The van der Waals surface area contributed by atoms with E-state index < -0.39 is 5.60 Å². The maximum atomic E-state index is 12.3. The zero-order valence-corrected chi connectivity index (χ0v) is 14.5. The van der Waals surface area contributed by atoms with Crippen LogP contribution in [-0.4, -0.2) is 46.7 Å². The van der Waals surface area contributed by atoms with Gasteiger partial charge in [0, 0.05) is 31.7 Å². The first-order valence-corrected chi connectivity index (χ1v) is 8.65. The van der Waals surface area contributed by atoms with Crippen LogP contribution in [0, 0.1) is 0 Å². The van der Waals surface area contributed by atoms with E-state index in [-0.39, 0.29) is 6.09 Å².